The molecule has 2 aromatic carbocycles. The van der Waals surface area contributed by atoms with E-state index in [-0.39, 0.29) is 0 Å². The van der Waals surface area contributed by atoms with E-state index < -0.39 is 0 Å². The smallest absolute Gasteiger partial charge is 0.00549 e. The molecule has 0 fully saturated rings. The molecule has 0 unspecified atom stereocenters. The molecule has 122 valence electrons. The van der Waals surface area contributed by atoms with Crippen molar-refractivity contribution in [3.05, 3.63) is 108 Å². The molecule has 0 aromatic heterocycles. The van der Waals surface area contributed by atoms with Gasteiger partial charge in [0.2, 0.25) is 0 Å². The predicted molar refractivity (Wildman–Crippen MR) is 106 cm³/mol. The van der Waals surface area contributed by atoms with Crippen LogP contribution in [0.25, 0.3) is 11.1 Å². The van der Waals surface area contributed by atoms with E-state index >= 15 is 0 Å². The first kappa shape index (κ1) is 17.6. The molecule has 2 aromatic rings. The van der Waals surface area contributed by atoms with Gasteiger partial charge in [-0.2, -0.15) is 0 Å². The highest BCUT2D eigenvalue weighted by Crippen LogP contribution is 2.19. The highest BCUT2D eigenvalue weighted by molar-refractivity contribution is 5.75. The van der Waals surface area contributed by atoms with Gasteiger partial charge in [0, 0.05) is 5.70 Å². The van der Waals surface area contributed by atoms with Gasteiger partial charge < -0.3 is 5.73 Å². The van der Waals surface area contributed by atoms with Gasteiger partial charge in [-0.3, -0.25) is 0 Å². The molecule has 0 saturated heterocycles. The third-order valence-electron chi connectivity index (χ3n) is 3.68. The fourth-order valence-corrected chi connectivity index (χ4v) is 2.52. The lowest BCUT2D eigenvalue weighted by Gasteiger charge is -2.04. The van der Waals surface area contributed by atoms with Crippen molar-refractivity contribution in [1.29, 1.82) is 0 Å². The zero-order chi connectivity index (χ0) is 17.2. The van der Waals surface area contributed by atoms with E-state index in [0.29, 0.717) is 0 Å². The molecular formula is C23H25N. The lowest BCUT2D eigenvalue weighted by atomic mass is 10.0. The van der Waals surface area contributed by atoms with Gasteiger partial charge in [0.05, 0.1) is 0 Å². The monoisotopic (exact) mass is 315 g/mol. The molecule has 2 N–H and O–H groups in total. The fraction of sp³-hybridized carbons (Fsp3) is 0.130. The Balaban J connectivity index is 2.13. The van der Waals surface area contributed by atoms with E-state index in [9.17, 15) is 0 Å². The van der Waals surface area contributed by atoms with E-state index in [1.54, 1.807) is 0 Å². The van der Waals surface area contributed by atoms with Gasteiger partial charge in [0.15, 0.2) is 0 Å². The molecule has 0 amide bonds. The molecule has 0 radical (unpaired) electrons. The second kappa shape index (κ2) is 9.36. The van der Waals surface area contributed by atoms with Gasteiger partial charge in [-0.05, 0) is 48.6 Å². The van der Waals surface area contributed by atoms with E-state index in [0.717, 1.165) is 17.7 Å². The standard InChI is InChI=1S/C23H25N/c1-3-20(21-13-6-4-7-14-21)12-10-11-17-23(18-19(2)24)22-15-8-5-9-16-22/h3-10,12-18H,11,24H2,1-2H3. The van der Waals surface area contributed by atoms with Crippen molar-refractivity contribution >= 4 is 11.1 Å². The Morgan fingerprint density at radius 3 is 1.92 bits per heavy atom. The van der Waals surface area contributed by atoms with Crippen LogP contribution in [0.5, 0.6) is 0 Å². The predicted octanol–water partition coefficient (Wildman–Crippen LogP) is 5.98. The quantitative estimate of drug-likeness (QED) is 0.652. The normalized spacial score (nSPS) is 13.5. The number of benzene rings is 2. The second-order valence-corrected chi connectivity index (χ2v) is 5.66. The SMILES string of the molecule is CC=C(C=CCC=C(C=C(C)N)c1ccccc1)c1ccccc1. The first-order valence-corrected chi connectivity index (χ1v) is 8.28. The van der Waals surface area contributed by atoms with Crippen LogP contribution in [0.15, 0.2) is 96.7 Å². The molecule has 2 rings (SSSR count). The highest BCUT2D eigenvalue weighted by atomic mass is 14.5. The van der Waals surface area contributed by atoms with Crippen molar-refractivity contribution in [3.8, 4) is 0 Å². The molecular weight excluding hydrogens is 290 g/mol. The maximum Gasteiger partial charge on any atom is 0.00549 e. The van der Waals surface area contributed by atoms with E-state index in [1.165, 1.54) is 16.7 Å². The summed E-state index contributed by atoms with van der Waals surface area (Å²) in [6, 6.07) is 20.8. The van der Waals surface area contributed by atoms with Crippen LogP contribution in [0.3, 0.4) is 0 Å². The number of hydrogen-bond donors (Lipinski definition) is 1. The third kappa shape index (κ3) is 5.44. The molecule has 24 heavy (non-hydrogen) atoms. The van der Waals surface area contributed by atoms with Crippen molar-refractivity contribution in [2.24, 2.45) is 5.73 Å². The Bertz CT molecular complexity index is 743. The molecule has 0 spiro atoms. The minimum absolute atomic E-state index is 0.813. The average molecular weight is 315 g/mol. The van der Waals surface area contributed by atoms with E-state index in [2.05, 4.69) is 67.6 Å². The van der Waals surface area contributed by atoms with Gasteiger partial charge in [-0.1, -0.05) is 85.0 Å². The van der Waals surface area contributed by atoms with Crippen molar-refractivity contribution in [2.75, 3.05) is 0 Å². The van der Waals surface area contributed by atoms with Crippen LogP contribution in [-0.4, -0.2) is 0 Å². The Labute approximate surface area is 145 Å². The van der Waals surface area contributed by atoms with Crippen molar-refractivity contribution in [1.82, 2.24) is 0 Å². The molecule has 0 aliphatic heterocycles. The minimum Gasteiger partial charge on any atom is -0.402 e. The summed E-state index contributed by atoms with van der Waals surface area (Å²) >= 11 is 0. The van der Waals surface area contributed by atoms with E-state index in [1.807, 2.05) is 37.3 Å². The summed E-state index contributed by atoms with van der Waals surface area (Å²) in [5, 5.41) is 0. The zero-order valence-electron chi connectivity index (χ0n) is 14.4. The first-order chi connectivity index (χ1) is 11.7. The molecule has 1 heteroatoms. The van der Waals surface area contributed by atoms with E-state index in [4.69, 9.17) is 5.73 Å². The molecule has 0 saturated carbocycles. The Hall–Kier alpha value is -2.80. The van der Waals surface area contributed by atoms with Gasteiger partial charge >= 0.3 is 0 Å². The number of rotatable bonds is 6. The maximum absolute atomic E-state index is 5.87. The molecule has 0 heterocycles. The highest BCUT2D eigenvalue weighted by Gasteiger charge is 1.98. The molecule has 0 atom stereocenters. The van der Waals surface area contributed by atoms with Gasteiger partial charge in [-0.25, -0.2) is 0 Å². The number of hydrogen-bond acceptors (Lipinski definition) is 1. The maximum atomic E-state index is 5.87. The summed E-state index contributed by atoms with van der Waals surface area (Å²) in [5.41, 5.74) is 11.5. The third-order valence-corrected chi connectivity index (χ3v) is 3.68. The van der Waals surface area contributed by atoms with Crippen LogP contribution in [0, 0.1) is 0 Å². The second-order valence-electron chi connectivity index (χ2n) is 5.66. The summed E-state index contributed by atoms with van der Waals surface area (Å²) in [7, 11) is 0. The van der Waals surface area contributed by atoms with Crippen LogP contribution in [0.2, 0.25) is 0 Å². The molecule has 0 aliphatic carbocycles. The van der Waals surface area contributed by atoms with Crippen LogP contribution < -0.4 is 5.73 Å². The van der Waals surface area contributed by atoms with Crippen LogP contribution in [0.1, 0.15) is 31.4 Å². The molecule has 1 nitrogen and oxygen atoms in total. The van der Waals surface area contributed by atoms with Gasteiger partial charge in [0.25, 0.3) is 0 Å². The fourth-order valence-electron chi connectivity index (χ4n) is 2.52. The average Bonchev–Trinajstić information content (AvgIpc) is 2.62. The summed E-state index contributed by atoms with van der Waals surface area (Å²) in [4.78, 5) is 0. The lowest BCUT2D eigenvalue weighted by molar-refractivity contribution is 1.31. The summed E-state index contributed by atoms with van der Waals surface area (Å²) in [6.45, 7) is 3.98. The molecule has 0 aliphatic rings. The van der Waals surface area contributed by atoms with Gasteiger partial charge in [-0.15, -0.1) is 0 Å². The lowest BCUT2D eigenvalue weighted by Crippen LogP contribution is -1.91. The minimum atomic E-state index is 0.813. The number of allylic oxidation sites excluding steroid dienone is 8. The van der Waals surface area contributed by atoms with Crippen LogP contribution in [-0.2, 0) is 0 Å². The Kier molecular flexibility index (Phi) is 6.85. The largest absolute Gasteiger partial charge is 0.402 e. The Morgan fingerprint density at radius 2 is 1.42 bits per heavy atom. The zero-order valence-corrected chi connectivity index (χ0v) is 14.4. The van der Waals surface area contributed by atoms with Crippen molar-refractivity contribution < 1.29 is 0 Å². The van der Waals surface area contributed by atoms with Crippen LogP contribution >= 0.6 is 0 Å². The topological polar surface area (TPSA) is 26.0 Å². The number of nitrogens with two attached hydrogens (primary N) is 1. The van der Waals surface area contributed by atoms with Crippen molar-refractivity contribution in [2.45, 2.75) is 20.3 Å². The van der Waals surface area contributed by atoms with Gasteiger partial charge in [0.1, 0.15) is 0 Å². The summed E-state index contributed by atoms with van der Waals surface area (Å²) < 4.78 is 0. The first-order valence-electron chi connectivity index (χ1n) is 8.28. The summed E-state index contributed by atoms with van der Waals surface area (Å²) in [5.74, 6) is 0. The Morgan fingerprint density at radius 1 is 0.875 bits per heavy atom. The summed E-state index contributed by atoms with van der Waals surface area (Å²) in [6.07, 6.45) is 11.6. The van der Waals surface area contributed by atoms with Crippen LogP contribution in [0.4, 0.5) is 0 Å². The molecule has 0 bridgehead atoms. The van der Waals surface area contributed by atoms with Crippen molar-refractivity contribution in [3.63, 3.8) is 0 Å².